The molecule has 0 aliphatic carbocycles. The minimum Gasteiger partial charge on any atom is -0.492 e. The number of H-pyrrole nitrogens is 2. The van der Waals surface area contributed by atoms with Crippen LogP contribution >= 0.6 is 0 Å². The van der Waals surface area contributed by atoms with Crippen LogP contribution in [0.3, 0.4) is 0 Å². The molecule has 70 heavy (non-hydrogen) atoms. The number of rotatable bonds is 15. The van der Waals surface area contributed by atoms with Crippen LogP contribution in [0.4, 0.5) is 15.3 Å². The largest absolute Gasteiger partial charge is 0.492 e. The highest BCUT2D eigenvalue weighted by Crippen LogP contribution is 2.48. The van der Waals surface area contributed by atoms with E-state index in [0.29, 0.717) is 19.7 Å². The van der Waals surface area contributed by atoms with Gasteiger partial charge in [0.25, 0.3) is 0 Å². The number of piperidine rings is 1. The maximum atomic E-state index is 13.9. The van der Waals surface area contributed by atoms with Gasteiger partial charge in [-0.15, -0.1) is 0 Å². The summed E-state index contributed by atoms with van der Waals surface area (Å²) in [6.07, 6.45) is 7.58. The highest BCUT2D eigenvalue weighted by Gasteiger charge is 2.40. The number of aromatic amines is 2. The molecule has 4 amide bonds. The first kappa shape index (κ1) is 48.7. The highest BCUT2D eigenvalue weighted by molar-refractivity contribution is 5.87. The minimum atomic E-state index is -0.712. The second kappa shape index (κ2) is 21.3. The van der Waals surface area contributed by atoms with E-state index in [4.69, 9.17) is 24.2 Å². The Balaban J connectivity index is 0.989. The molecular weight excluding hydrogens is 889 g/mol. The molecule has 4 aliphatic rings. The van der Waals surface area contributed by atoms with Gasteiger partial charge in [-0.1, -0.05) is 46.2 Å². The van der Waals surface area contributed by atoms with Crippen LogP contribution in [0, 0.1) is 11.8 Å². The van der Waals surface area contributed by atoms with E-state index in [1.54, 1.807) is 0 Å². The fourth-order valence-corrected chi connectivity index (χ4v) is 11.2. The van der Waals surface area contributed by atoms with Crippen molar-refractivity contribution < 1.29 is 33.4 Å². The van der Waals surface area contributed by atoms with Gasteiger partial charge in [-0.25, -0.2) is 19.6 Å². The molecule has 5 aromatic rings. The molecule has 4 fully saturated rings. The molecule has 4 saturated heterocycles. The predicted molar refractivity (Wildman–Crippen MR) is 267 cm³/mol. The maximum Gasteiger partial charge on any atom is 0.407 e. The predicted octanol–water partition coefficient (Wildman–Crippen LogP) is 8.47. The molecule has 3 aromatic carbocycles. The zero-order valence-electron chi connectivity index (χ0n) is 41.5. The van der Waals surface area contributed by atoms with Gasteiger partial charge in [-0.2, -0.15) is 0 Å². The summed E-state index contributed by atoms with van der Waals surface area (Å²) in [7, 11) is 2.61. The molecule has 6 heterocycles. The SMILES string of the molecule is COC(=O)N[C@H](C(=O)N1CCCC1c1nc2ccc([C@@H]3CC[C@@H](c4ccc5nc([C@@H]6CCCN6C(=O)[C@@H](NC(=O)OC)C(C)C)[nH]c5c4)N3c3ccc(OCCN4CCCCC4)cc3)cc2[nH]1)C(C)C. The van der Waals surface area contributed by atoms with Crippen molar-refractivity contribution in [1.82, 2.24) is 45.3 Å². The van der Waals surface area contributed by atoms with Crippen LogP contribution in [0.2, 0.25) is 0 Å². The van der Waals surface area contributed by atoms with E-state index in [-0.39, 0.29) is 47.8 Å². The Labute approximate surface area is 410 Å². The van der Waals surface area contributed by atoms with Crippen molar-refractivity contribution in [2.75, 3.05) is 58.5 Å². The van der Waals surface area contributed by atoms with Crippen molar-refractivity contribution in [3.05, 3.63) is 83.4 Å². The van der Waals surface area contributed by atoms with Crippen LogP contribution < -0.4 is 20.3 Å². The summed E-state index contributed by atoms with van der Waals surface area (Å²) in [5.41, 5.74) is 6.89. The molecule has 6 atom stereocenters. The summed E-state index contributed by atoms with van der Waals surface area (Å²) >= 11 is 0. The van der Waals surface area contributed by atoms with Gasteiger partial charge in [-0.3, -0.25) is 14.5 Å². The topological polar surface area (TPSA) is 190 Å². The Morgan fingerprint density at radius 1 is 0.614 bits per heavy atom. The van der Waals surface area contributed by atoms with E-state index in [2.05, 4.69) is 91.1 Å². The number of anilines is 1. The molecular formula is C53H70N10O7. The summed E-state index contributed by atoms with van der Waals surface area (Å²) < 4.78 is 16.0. The first-order valence-electron chi connectivity index (χ1n) is 25.4. The molecule has 4 N–H and O–H groups in total. The Bertz CT molecular complexity index is 2490. The van der Waals surface area contributed by atoms with Crippen LogP contribution in [-0.4, -0.2) is 124 Å². The average Bonchev–Trinajstić information content (AvgIpc) is 4.23. The molecule has 1 unspecified atom stereocenters. The van der Waals surface area contributed by atoms with E-state index in [0.717, 1.165) is 114 Å². The summed E-state index contributed by atoms with van der Waals surface area (Å²) in [5.74, 6) is 1.80. The molecule has 0 saturated carbocycles. The molecule has 0 radical (unpaired) electrons. The summed E-state index contributed by atoms with van der Waals surface area (Å²) in [6.45, 7) is 12.7. The van der Waals surface area contributed by atoms with Crippen LogP contribution in [0.25, 0.3) is 22.1 Å². The van der Waals surface area contributed by atoms with Crippen molar-refractivity contribution in [1.29, 1.82) is 0 Å². The summed E-state index contributed by atoms with van der Waals surface area (Å²) in [5, 5.41) is 5.50. The van der Waals surface area contributed by atoms with Gasteiger partial charge >= 0.3 is 12.2 Å². The summed E-state index contributed by atoms with van der Waals surface area (Å²) in [4.78, 5) is 78.3. The van der Waals surface area contributed by atoms with E-state index >= 15 is 0 Å². The molecule has 17 heteroatoms. The third-order valence-electron chi connectivity index (χ3n) is 14.9. The summed E-state index contributed by atoms with van der Waals surface area (Å²) in [6, 6.07) is 19.6. The zero-order valence-corrected chi connectivity index (χ0v) is 41.5. The number of imidazole rings is 2. The lowest BCUT2D eigenvalue weighted by atomic mass is 10.0. The van der Waals surface area contributed by atoms with Gasteiger partial charge in [0.1, 0.15) is 36.1 Å². The number of alkyl carbamates (subject to hydrolysis) is 2. The van der Waals surface area contributed by atoms with E-state index in [9.17, 15) is 19.2 Å². The first-order chi connectivity index (χ1) is 33.9. The lowest BCUT2D eigenvalue weighted by Gasteiger charge is -2.33. The number of nitrogens with one attached hydrogen (secondary N) is 4. The van der Waals surface area contributed by atoms with Crippen molar-refractivity contribution >= 4 is 51.8 Å². The molecule has 4 aliphatic heterocycles. The van der Waals surface area contributed by atoms with Gasteiger partial charge in [-0.05, 0) is 136 Å². The number of carbonyl (C=O) groups excluding carboxylic acids is 4. The maximum absolute atomic E-state index is 13.9. The quantitative estimate of drug-likeness (QED) is 0.0788. The Morgan fingerprint density at radius 3 is 1.56 bits per heavy atom. The standard InChI is InChI=1S/C53H70N10O7/c1-32(2)46(58-52(66)68-5)50(64)61-26-10-12-44(61)48-54-38-20-14-34(30-40(38)56-48)42-22-23-43(63(42)36-16-18-37(19-17-36)70-29-28-60-24-8-7-9-25-60)35-15-21-39-41(31-35)57-49(55-39)45-13-11-27-62(45)51(65)47(33(3)4)59-53(67)69-6/h14-21,30-33,42-47H,7-13,22-29H2,1-6H3,(H,54,56)(H,55,57)(H,58,66)(H,59,67)/t42-,43-,44-,45?,46-,47-/m0/s1. The Morgan fingerprint density at radius 2 is 1.10 bits per heavy atom. The molecule has 9 rings (SSSR count). The first-order valence-corrected chi connectivity index (χ1v) is 25.4. The van der Waals surface area contributed by atoms with Gasteiger partial charge in [0.15, 0.2) is 0 Å². The Hall–Kier alpha value is -6.36. The molecule has 0 bridgehead atoms. The van der Waals surface area contributed by atoms with Crippen LogP contribution in [0.5, 0.6) is 5.75 Å². The normalized spacial score (nSPS) is 21.7. The lowest BCUT2D eigenvalue weighted by Crippen LogP contribution is -2.51. The molecule has 374 valence electrons. The van der Waals surface area contributed by atoms with Crippen molar-refractivity contribution in [2.45, 2.75) is 122 Å². The number of fused-ring (bicyclic) bond motifs is 2. The smallest absolute Gasteiger partial charge is 0.407 e. The number of amides is 4. The Kier molecular flexibility index (Phi) is 14.8. The third-order valence-corrected chi connectivity index (χ3v) is 14.9. The van der Waals surface area contributed by atoms with Crippen molar-refractivity contribution in [2.24, 2.45) is 11.8 Å². The fraction of sp³-hybridized carbons (Fsp3) is 0.547. The second-order valence-electron chi connectivity index (χ2n) is 20.2. The number of aromatic nitrogens is 4. The van der Waals surface area contributed by atoms with Gasteiger partial charge in [0.05, 0.1) is 60.5 Å². The number of hydrogen-bond donors (Lipinski definition) is 4. The van der Waals surface area contributed by atoms with E-state index < -0.39 is 24.3 Å². The van der Waals surface area contributed by atoms with Gasteiger partial charge in [0, 0.05) is 25.3 Å². The molecule has 2 aromatic heterocycles. The van der Waals surface area contributed by atoms with Crippen LogP contribution in [0.1, 0.15) is 132 Å². The number of nitrogens with zero attached hydrogens (tertiary/aromatic N) is 6. The lowest BCUT2D eigenvalue weighted by molar-refractivity contribution is -0.136. The van der Waals surface area contributed by atoms with Crippen molar-refractivity contribution in [3.63, 3.8) is 0 Å². The van der Waals surface area contributed by atoms with Gasteiger partial charge in [0.2, 0.25) is 11.8 Å². The number of carbonyl (C=O) groups is 4. The minimum absolute atomic E-state index is 0.0337. The number of hydrogen-bond acceptors (Lipinski definition) is 11. The van der Waals surface area contributed by atoms with Crippen LogP contribution in [0.15, 0.2) is 60.7 Å². The highest BCUT2D eigenvalue weighted by atomic mass is 16.5. The van der Waals surface area contributed by atoms with Crippen molar-refractivity contribution in [3.8, 4) is 5.75 Å². The zero-order chi connectivity index (χ0) is 49.1. The molecule has 0 spiro atoms. The number of ether oxygens (including phenoxy) is 3. The number of likely N-dealkylation sites (tertiary alicyclic amines) is 3. The third kappa shape index (κ3) is 10.3. The van der Waals surface area contributed by atoms with E-state index in [1.807, 2.05) is 37.5 Å². The van der Waals surface area contributed by atoms with Crippen LogP contribution in [-0.2, 0) is 19.1 Å². The average molecular weight is 959 g/mol. The monoisotopic (exact) mass is 959 g/mol. The number of methoxy groups -OCH3 is 2. The number of benzene rings is 3. The van der Waals surface area contributed by atoms with Gasteiger partial charge < -0.3 is 49.5 Å². The second-order valence-corrected chi connectivity index (χ2v) is 20.2. The fourth-order valence-electron chi connectivity index (χ4n) is 11.2. The van der Waals surface area contributed by atoms with E-state index in [1.165, 1.54) is 33.5 Å². The molecule has 17 nitrogen and oxygen atoms in total.